The SMILES string of the molecule is Cl.O=[N+]([O-])OC1=CC=CC=CN1. The zero-order valence-corrected chi connectivity index (χ0v) is 6.78. The summed E-state index contributed by atoms with van der Waals surface area (Å²) in [6.07, 6.45) is 8.06. The summed E-state index contributed by atoms with van der Waals surface area (Å²) in [5.41, 5.74) is 0. The van der Waals surface area contributed by atoms with Crippen molar-refractivity contribution in [3.8, 4) is 0 Å². The fourth-order valence-corrected chi connectivity index (χ4v) is 0.578. The molecular formula is C6H7ClN2O3. The van der Waals surface area contributed by atoms with Gasteiger partial charge in [0.1, 0.15) is 0 Å². The summed E-state index contributed by atoms with van der Waals surface area (Å²) < 4.78 is 0. The molecule has 0 unspecified atom stereocenters. The number of allylic oxidation sites excluding steroid dienone is 4. The van der Waals surface area contributed by atoms with Gasteiger partial charge in [-0.3, -0.25) is 4.84 Å². The maximum atomic E-state index is 9.83. The van der Waals surface area contributed by atoms with Gasteiger partial charge >= 0.3 is 5.09 Å². The molecule has 66 valence electrons. The second-order valence-corrected chi connectivity index (χ2v) is 1.73. The molecule has 0 spiro atoms. The lowest BCUT2D eigenvalue weighted by Crippen LogP contribution is -2.11. The highest BCUT2D eigenvalue weighted by Crippen LogP contribution is 1.96. The first kappa shape index (κ1) is 10.5. The Kier molecular flexibility index (Phi) is 4.55. The lowest BCUT2D eigenvalue weighted by molar-refractivity contribution is -0.744. The maximum absolute atomic E-state index is 9.83. The van der Waals surface area contributed by atoms with Gasteiger partial charge in [-0.1, -0.05) is 12.2 Å². The lowest BCUT2D eigenvalue weighted by atomic mass is 10.5. The van der Waals surface area contributed by atoms with E-state index < -0.39 is 5.09 Å². The van der Waals surface area contributed by atoms with Gasteiger partial charge in [0, 0.05) is 6.20 Å². The zero-order chi connectivity index (χ0) is 8.10. The van der Waals surface area contributed by atoms with Crippen molar-refractivity contribution in [1.29, 1.82) is 0 Å². The molecule has 0 fully saturated rings. The molecule has 12 heavy (non-hydrogen) atoms. The smallest absolute Gasteiger partial charge is 0.301 e. The normalized spacial score (nSPS) is 13.5. The van der Waals surface area contributed by atoms with E-state index in [4.69, 9.17) is 0 Å². The second kappa shape index (κ2) is 5.20. The molecule has 0 amide bonds. The Morgan fingerprint density at radius 3 is 2.83 bits per heavy atom. The van der Waals surface area contributed by atoms with Crippen LogP contribution in [0.5, 0.6) is 0 Å². The first-order valence-corrected chi connectivity index (χ1v) is 2.91. The zero-order valence-electron chi connectivity index (χ0n) is 5.97. The van der Waals surface area contributed by atoms with Crippen LogP contribution < -0.4 is 5.32 Å². The van der Waals surface area contributed by atoms with Crippen molar-refractivity contribution in [1.82, 2.24) is 5.32 Å². The standard InChI is InChI=1S/C6H6N2O3.ClH/c9-8(10)11-6-4-2-1-3-5-7-6;/h1-5,7H;1H. The maximum Gasteiger partial charge on any atom is 0.301 e. The van der Waals surface area contributed by atoms with Crippen molar-refractivity contribution in [2.45, 2.75) is 0 Å². The molecule has 0 atom stereocenters. The Hall–Kier alpha value is -1.49. The molecule has 0 saturated heterocycles. The molecule has 0 aromatic carbocycles. The third kappa shape index (κ3) is 3.62. The summed E-state index contributed by atoms with van der Waals surface area (Å²) >= 11 is 0. The Bertz CT molecular complexity index is 247. The van der Waals surface area contributed by atoms with Gasteiger partial charge in [0.15, 0.2) is 5.88 Å². The van der Waals surface area contributed by atoms with Crippen LogP contribution in [0.2, 0.25) is 0 Å². The topological polar surface area (TPSA) is 64.4 Å². The van der Waals surface area contributed by atoms with E-state index in [0.29, 0.717) is 0 Å². The van der Waals surface area contributed by atoms with Crippen LogP contribution in [-0.4, -0.2) is 5.09 Å². The Morgan fingerprint density at radius 2 is 2.17 bits per heavy atom. The Balaban J connectivity index is 0.00000121. The molecule has 5 nitrogen and oxygen atoms in total. The van der Waals surface area contributed by atoms with E-state index in [1.54, 1.807) is 24.4 Å². The molecule has 0 aromatic rings. The van der Waals surface area contributed by atoms with Crippen molar-refractivity contribution in [3.05, 3.63) is 46.5 Å². The van der Waals surface area contributed by atoms with Gasteiger partial charge in [0.05, 0.1) is 0 Å². The van der Waals surface area contributed by atoms with Gasteiger partial charge in [0.25, 0.3) is 0 Å². The van der Waals surface area contributed by atoms with Crippen LogP contribution >= 0.6 is 12.4 Å². The monoisotopic (exact) mass is 190 g/mol. The Morgan fingerprint density at radius 1 is 1.42 bits per heavy atom. The van der Waals surface area contributed by atoms with Crippen molar-refractivity contribution in [2.24, 2.45) is 0 Å². The molecule has 1 aliphatic heterocycles. The third-order valence-electron chi connectivity index (χ3n) is 0.965. The fourth-order valence-electron chi connectivity index (χ4n) is 0.578. The van der Waals surface area contributed by atoms with Crippen LogP contribution in [0, 0.1) is 10.1 Å². The van der Waals surface area contributed by atoms with Crippen molar-refractivity contribution >= 4 is 12.4 Å². The lowest BCUT2D eigenvalue weighted by Gasteiger charge is -2.00. The molecular weight excluding hydrogens is 184 g/mol. The van der Waals surface area contributed by atoms with Crippen molar-refractivity contribution in [2.75, 3.05) is 0 Å². The highest BCUT2D eigenvalue weighted by Gasteiger charge is 1.99. The highest BCUT2D eigenvalue weighted by molar-refractivity contribution is 5.85. The summed E-state index contributed by atoms with van der Waals surface area (Å²) in [6.45, 7) is 0. The molecule has 1 heterocycles. The molecule has 1 N–H and O–H groups in total. The summed E-state index contributed by atoms with van der Waals surface area (Å²) in [5, 5.41) is 11.5. The minimum atomic E-state index is -0.869. The van der Waals surface area contributed by atoms with E-state index in [1.165, 1.54) is 6.08 Å². The number of halogens is 1. The summed E-state index contributed by atoms with van der Waals surface area (Å²) in [4.78, 5) is 14.0. The van der Waals surface area contributed by atoms with E-state index in [2.05, 4.69) is 10.2 Å². The van der Waals surface area contributed by atoms with E-state index in [0.717, 1.165) is 0 Å². The van der Waals surface area contributed by atoms with Crippen LogP contribution in [0.4, 0.5) is 0 Å². The number of hydrogen-bond acceptors (Lipinski definition) is 4. The summed E-state index contributed by atoms with van der Waals surface area (Å²) in [6, 6.07) is 0. The number of hydrogen-bond donors (Lipinski definition) is 1. The van der Waals surface area contributed by atoms with Crippen LogP contribution in [0.1, 0.15) is 0 Å². The first-order chi connectivity index (χ1) is 5.29. The third-order valence-corrected chi connectivity index (χ3v) is 0.965. The average molecular weight is 191 g/mol. The fraction of sp³-hybridized carbons (Fsp3) is 0. The van der Waals surface area contributed by atoms with Crippen LogP contribution in [0.15, 0.2) is 36.4 Å². The predicted molar refractivity (Wildman–Crippen MR) is 44.8 cm³/mol. The number of rotatable bonds is 2. The van der Waals surface area contributed by atoms with Crippen LogP contribution in [0.3, 0.4) is 0 Å². The van der Waals surface area contributed by atoms with Gasteiger partial charge < -0.3 is 5.32 Å². The molecule has 0 aromatic heterocycles. The minimum Gasteiger partial charge on any atom is -0.343 e. The molecule has 6 heteroatoms. The molecule has 1 rings (SSSR count). The quantitative estimate of drug-likeness (QED) is 0.524. The molecule has 1 aliphatic rings. The van der Waals surface area contributed by atoms with Gasteiger partial charge in [0.2, 0.25) is 0 Å². The number of nitrogens with one attached hydrogen (secondary N) is 1. The van der Waals surface area contributed by atoms with E-state index in [9.17, 15) is 10.1 Å². The van der Waals surface area contributed by atoms with Gasteiger partial charge in [-0.2, -0.15) is 0 Å². The largest absolute Gasteiger partial charge is 0.343 e. The van der Waals surface area contributed by atoms with Gasteiger partial charge in [-0.25, -0.2) is 0 Å². The molecule has 0 aliphatic carbocycles. The van der Waals surface area contributed by atoms with Crippen LogP contribution in [0.25, 0.3) is 0 Å². The predicted octanol–water partition coefficient (Wildman–Crippen LogP) is 1.13. The van der Waals surface area contributed by atoms with Gasteiger partial charge in [-0.15, -0.1) is 22.5 Å². The first-order valence-electron chi connectivity index (χ1n) is 2.91. The second-order valence-electron chi connectivity index (χ2n) is 1.73. The molecule has 0 radical (unpaired) electrons. The summed E-state index contributed by atoms with van der Waals surface area (Å²) in [7, 11) is 0. The van der Waals surface area contributed by atoms with E-state index in [-0.39, 0.29) is 18.3 Å². The van der Waals surface area contributed by atoms with E-state index >= 15 is 0 Å². The molecule has 0 bridgehead atoms. The highest BCUT2D eigenvalue weighted by atomic mass is 35.5. The molecule has 0 saturated carbocycles. The van der Waals surface area contributed by atoms with Crippen LogP contribution in [-0.2, 0) is 4.84 Å². The number of nitrogens with zero attached hydrogens (tertiary/aromatic N) is 1. The minimum absolute atomic E-state index is 0. The van der Waals surface area contributed by atoms with Crippen molar-refractivity contribution < 1.29 is 9.92 Å². The average Bonchev–Trinajstić information content (AvgIpc) is 2.14. The summed E-state index contributed by atoms with van der Waals surface area (Å²) in [5.74, 6) is 0.0972. The van der Waals surface area contributed by atoms with Gasteiger partial charge in [-0.05, 0) is 12.2 Å². The van der Waals surface area contributed by atoms with Crippen molar-refractivity contribution in [3.63, 3.8) is 0 Å². The Labute approximate surface area is 74.9 Å². The van der Waals surface area contributed by atoms with E-state index in [1.807, 2.05) is 0 Å².